The van der Waals surface area contributed by atoms with Crippen molar-refractivity contribution in [1.29, 1.82) is 5.26 Å². The van der Waals surface area contributed by atoms with Crippen LogP contribution in [-0.2, 0) is 15.4 Å². The molecule has 3 heterocycles. The number of aromatic nitrogens is 1. The minimum atomic E-state index is -3.95. The van der Waals surface area contributed by atoms with Gasteiger partial charge in [-0.05, 0) is 91.1 Å². The molecule has 1 saturated carbocycles. The van der Waals surface area contributed by atoms with Crippen molar-refractivity contribution in [1.82, 2.24) is 4.98 Å². The fraction of sp³-hybridized carbons (Fsp3) is 0.321. The smallest absolute Gasteiger partial charge is 0.264 e. The van der Waals surface area contributed by atoms with Gasteiger partial charge in [0.1, 0.15) is 0 Å². The molecule has 10 heteroatoms. The molecule has 1 aromatic heterocycles. The van der Waals surface area contributed by atoms with Crippen molar-refractivity contribution in [2.24, 2.45) is 5.92 Å². The molecule has 1 aliphatic carbocycles. The van der Waals surface area contributed by atoms with Gasteiger partial charge in [-0.25, -0.2) is 8.42 Å². The van der Waals surface area contributed by atoms with Gasteiger partial charge in [-0.2, -0.15) is 17.0 Å². The Labute approximate surface area is 231 Å². The highest BCUT2D eigenvalue weighted by Crippen LogP contribution is 2.59. The number of nitriles is 1. The molecule has 2 aromatic carbocycles. The molecule has 1 spiro atoms. The first-order valence-electron chi connectivity index (χ1n) is 12.5. The van der Waals surface area contributed by atoms with E-state index in [4.69, 9.17) is 11.6 Å². The minimum Gasteiger partial charge on any atom is -0.321 e. The van der Waals surface area contributed by atoms with Gasteiger partial charge in [0.15, 0.2) is 0 Å². The van der Waals surface area contributed by atoms with Gasteiger partial charge in [-0.3, -0.25) is 14.1 Å². The van der Waals surface area contributed by atoms with Crippen LogP contribution in [0.1, 0.15) is 47.2 Å². The van der Waals surface area contributed by atoms with Crippen LogP contribution in [0.3, 0.4) is 0 Å². The average Bonchev–Trinajstić information content (AvgIpc) is 3.73. The third-order valence-corrected chi connectivity index (χ3v) is 10.8. The third-order valence-electron chi connectivity index (χ3n) is 7.79. The number of fused-ring (bicyclic) bond motifs is 2. The van der Waals surface area contributed by atoms with Crippen LogP contribution in [0.25, 0.3) is 0 Å². The maximum atomic E-state index is 14.2. The van der Waals surface area contributed by atoms with Crippen LogP contribution in [-0.4, -0.2) is 36.9 Å². The van der Waals surface area contributed by atoms with E-state index in [1.54, 1.807) is 40.7 Å². The molecule has 194 valence electrons. The number of carbonyl (C=O) groups is 1. The number of benzene rings is 2. The standard InChI is InChI=1S/C28H25ClN4O3S2/c29-21-14-22(17-31-16-21)32-27(34)20-6-7-25-24(13-20)28(8-10-37-11-9-28)26(19-4-5-19)33(25)38(35,36)23-3-1-2-18(12-23)15-30/h1-3,6-7,12-14,16-17,19,26H,4-5,8-11H2,(H,32,34). The predicted molar refractivity (Wildman–Crippen MR) is 149 cm³/mol. The van der Waals surface area contributed by atoms with E-state index >= 15 is 0 Å². The van der Waals surface area contributed by atoms with Crippen molar-refractivity contribution in [3.63, 3.8) is 0 Å². The second-order valence-corrected chi connectivity index (χ2v) is 13.5. The van der Waals surface area contributed by atoms with Crippen LogP contribution in [0.2, 0.25) is 5.02 Å². The van der Waals surface area contributed by atoms with Gasteiger partial charge in [-0.15, -0.1) is 0 Å². The van der Waals surface area contributed by atoms with Gasteiger partial charge in [0, 0.05) is 17.2 Å². The van der Waals surface area contributed by atoms with Crippen LogP contribution in [0.5, 0.6) is 0 Å². The van der Waals surface area contributed by atoms with Gasteiger partial charge in [-0.1, -0.05) is 17.7 Å². The average molecular weight is 565 g/mol. The van der Waals surface area contributed by atoms with Crippen molar-refractivity contribution in [3.05, 3.63) is 82.6 Å². The Bertz CT molecular complexity index is 1580. The number of hydrogen-bond acceptors (Lipinski definition) is 6. The minimum absolute atomic E-state index is 0.116. The fourth-order valence-corrected chi connectivity index (χ4v) is 9.20. The van der Waals surface area contributed by atoms with Crippen molar-refractivity contribution < 1.29 is 13.2 Å². The third kappa shape index (κ3) is 4.25. The molecule has 1 N–H and O–H groups in total. The van der Waals surface area contributed by atoms with Crippen LogP contribution in [0.15, 0.2) is 65.8 Å². The first kappa shape index (κ1) is 25.2. The topological polar surface area (TPSA) is 103 Å². The Morgan fingerprint density at radius 3 is 2.63 bits per heavy atom. The largest absolute Gasteiger partial charge is 0.321 e. The first-order chi connectivity index (χ1) is 18.3. The summed E-state index contributed by atoms with van der Waals surface area (Å²) < 4.78 is 30.1. The summed E-state index contributed by atoms with van der Waals surface area (Å²) >= 11 is 7.92. The summed E-state index contributed by atoms with van der Waals surface area (Å²) in [7, 11) is -3.95. The lowest BCUT2D eigenvalue weighted by Crippen LogP contribution is -2.50. The molecule has 1 atom stereocenters. The van der Waals surface area contributed by atoms with Crippen molar-refractivity contribution in [2.75, 3.05) is 21.1 Å². The number of thioether (sulfide) groups is 1. The molecule has 0 bridgehead atoms. The number of halogens is 1. The number of nitrogens with zero attached hydrogens (tertiary/aromatic N) is 3. The lowest BCUT2D eigenvalue weighted by atomic mass is 9.70. The molecular weight excluding hydrogens is 540 g/mol. The molecular formula is C28H25ClN4O3S2. The Balaban J connectivity index is 1.47. The van der Waals surface area contributed by atoms with Gasteiger partial charge >= 0.3 is 0 Å². The number of nitrogens with one attached hydrogen (secondary N) is 1. The molecule has 3 aliphatic rings. The van der Waals surface area contributed by atoms with Crippen LogP contribution < -0.4 is 9.62 Å². The molecule has 7 nitrogen and oxygen atoms in total. The quantitative estimate of drug-likeness (QED) is 0.432. The van der Waals surface area contributed by atoms with Gasteiger partial charge in [0.25, 0.3) is 15.9 Å². The molecule has 1 amide bonds. The first-order valence-corrected chi connectivity index (χ1v) is 15.5. The summed E-state index contributed by atoms with van der Waals surface area (Å²) in [5, 5.41) is 12.7. The Morgan fingerprint density at radius 1 is 1.13 bits per heavy atom. The zero-order valence-corrected chi connectivity index (χ0v) is 22.8. The highest BCUT2D eigenvalue weighted by molar-refractivity contribution is 7.99. The van der Waals surface area contributed by atoms with Gasteiger partial charge in [0.2, 0.25) is 0 Å². The fourth-order valence-electron chi connectivity index (χ4n) is 5.96. The number of hydrogen-bond donors (Lipinski definition) is 1. The number of sulfonamides is 1. The predicted octanol–water partition coefficient (Wildman–Crippen LogP) is 5.61. The molecule has 3 aromatic rings. The molecule has 0 radical (unpaired) electrons. The number of carbonyl (C=O) groups excluding carboxylic acids is 1. The van der Waals surface area contributed by atoms with Crippen LogP contribution >= 0.6 is 23.4 Å². The highest BCUT2D eigenvalue weighted by Gasteiger charge is 2.59. The normalized spacial score (nSPS) is 20.1. The summed E-state index contributed by atoms with van der Waals surface area (Å²) in [6.45, 7) is 0. The van der Waals surface area contributed by atoms with Crippen molar-refractivity contribution in [3.8, 4) is 6.07 Å². The summed E-state index contributed by atoms with van der Waals surface area (Å²) in [6, 6.07) is 15.0. The van der Waals surface area contributed by atoms with Gasteiger partial charge in [0.05, 0.1) is 45.2 Å². The van der Waals surface area contributed by atoms with Crippen LogP contribution in [0.4, 0.5) is 11.4 Å². The molecule has 1 unspecified atom stereocenters. The Morgan fingerprint density at radius 2 is 1.92 bits per heavy atom. The van der Waals surface area contributed by atoms with E-state index in [2.05, 4.69) is 16.4 Å². The molecule has 2 fully saturated rings. The number of amides is 1. The van der Waals surface area contributed by atoms with Gasteiger partial charge < -0.3 is 5.32 Å². The zero-order chi connectivity index (χ0) is 26.5. The molecule has 2 aliphatic heterocycles. The number of anilines is 2. The maximum Gasteiger partial charge on any atom is 0.264 e. The van der Waals surface area contributed by atoms with E-state index in [1.165, 1.54) is 18.5 Å². The van der Waals surface area contributed by atoms with E-state index in [9.17, 15) is 18.5 Å². The summed E-state index contributed by atoms with van der Waals surface area (Å²) in [4.78, 5) is 17.4. The number of pyridine rings is 1. The van der Waals surface area contributed by atoms with E-state index in [-0.39, 0.29) is 28.2 Å². The van der Waals surface area contributed by atoms with E-state index < -0.39 is 10.0 Å². The number of rotatable bonds is 5. The summed E-state index contributed by atoms with van der Waals surface area (Å²) in [5.41, 5.74) is 2.45. The molecule has 6 rings (SSSR count). The highest BCUT2D eigenvalue weighted by atomic mass is 35.5. The second kappa shape index (κ2) is 9.60. The second-order valence-electron chi connectivity index (χ2n) is 10.1. The Kier molecular flexibility index (Phi) is 6.37. The van der Waals surface area contributed by atoms with Crippen molar-refractivity contribution in [2.45, 2.75) is 42.0 Å². The lowest BCUT2D eigenvalue weighted by Gasteiger charge is -2.41. The summed E-state index contributed by atoms with van der Waals surface area (Å²) in [5.74, 6) is 1.83. The summed E-state index contributed by atoms with van der Waals surface area (Å²) in [6.07, 6.45) is 6.68. The molecule has 38 heavy (non-hydrogen) atoms. The molecule has 1 saturated heterocycles. The monoisotopic (exact) mass is 564 g/mol. The SMILES string of the molecule is N#Cc1cccc(S(=O)(=O)N2c3ccc(C(=O)Nc4cncc(Cl)c4)cc3C3(CCSCC3)C2C2CC2)c1. The van der Waals surface area contributed by atoms with Crippen molar-refractivity contribution >= 4 is 50.7 Å². The maximum absolute atomic E-state index is 14.2. The Hall–Kier alpha value is -3.06. The zero-order valence-electron chi connectivity index (χ0n) is 20.4. The lowest BCUT2D eigenvalue weighted by molar-refractivity contribution is 0.102. The van der Waals surface area contributed by atoms with E-state index in [0.717, 1.165) is 42.8 Å². The van der Waals surface area contributed by atoms with E-state index in [0.29, 0.717) is 27.5 Å². The van der Waals surface area contributed by atoms with E-state index in [1.807, 2.05) is 17.8 Å². The van der Waals surface area contributed by atoms with Crippen LogP contribution in [0, 0.1) is 17.2 Å².